The van der Waals surface area contributed by atoms with Gasteiger partial charge in [0.05, 0.1) is 43.2 Å². The van der Waals surface area contributed by atoms with Crippen LogP contribution in [0.2, 0.25) is 0 Å². The van der Waals surface area contributed by atoms with Gasteiger partial charge in [0.15, 0.2) is 0 Å². The Labute approximate surface area is 320 Å². The summed E-state index contributed by atoms with van der Waals surface area (Å²) in [5.74, 6) is 7.21. The molecule has 4 atom stereocenters. The highest BCUT2D eigenvalue weighted by Crippen LogP contribution is 2.33. The third kappa shape index (κ3) is 8.51. The Hall–Kier alpha value is -6.10. The number of aromatic amines is 2. The molecule has 0 bridgehead atoms. The van der Waals surface area contributed by atoms with E-state index in [1.54, 1.807) is 16.0 Å². The second-order valence-corrected chi connectivity index (χ2v) is 14.7. The monoisotopic (exact) mass is 748 g/mol. The van der Waals surface area contributed by atoms with Crippen molar-refractivity contribution in [3.05, 3.63) is 83.1 Å². The maximum atomic E-state index is 13.7. The maximum Gasteiger partial charge on any atom is 0.407 e. The lowest BCUT2D eigenvalue weighted by atomic mass is 10.0. The number of aromatic nitrogens is 4. The molecule has 0 radical (unpaired) electrons. The summed E-state index contributed by atoms with van der Waals surface area (Å²) in [6.45, 7) is 10.5. The average molecular weight is 749 g/mol. The fourth-order valence-corrected chi connectivity index (χ4v) is 7.07. The fraction of sp³-hybridized carbons (Fsp3) is 0.415. The number of H-pyrrole nitrogens is 2. The molecule has 14 heteroatoms. The summed E-state index contributed by atoms with van der Waals surface area (Å²) in [5, 5.41) is 5.36. The molecular weight excluding hydrogens is 701 g/mol. The van der Waals surface area contributed by atoms with Gasteiger partial charge in [-0.25, -0.2) is 19.6 Å². The Morgan fingerprint density at radius 1 is 0.836 bits per heavy atom. The molecule has 2 aliphatic rings. The molecule has 0 spiro atoms. The van der Waals surface area contributed by atoms with Crippen molar-refractivity contribution in [3.8, 4) is 23.1 Å². The lowest BCUT2D eigenvalue weighted by molar-refractivity contribution is -0.136. The lowest BCUT2D eigenvalue weighted by Gasteiger charge is -2.30. The van der Waals surface area contributed by atoms with Crippen molar-refractivity contribution in [3.63, 3.8) is 0 Å². The predicted octanol–water partition coefficient (Wildman–Crippen LogP) is 5.61. The Morgan fingerprint density at radius 3 is 2.09 bits per heavy atom. The normalized spacial score (nSPS) is 17.8. The third-order valence-corrected chi connectivity index (χ3v) is 10.0. The summed E-state index contributed by atoms with van der Waals surface area (Å²) in [7, 11) is 2.56. The topological polar surface area (TPSA) is 175 Å². The summed E-state index contributed by atoms with van der Waals surface area (Å²) in [6, 6.07) is 11.6. The van der Waals surface area contributed by atoms with E-state index in [9.17, 15) is 19.2 Å². The molecule has 1 saturated heterocycles. The van der Waals surface area contributed by atoms with Gasteiger partial charge in [-0.1, -0.05) is 63.3 Å². The number of amides is 4. The predicted molar refractivity (Wildman–Crippen MR) is 206 cm³/mol. The number of methoxy groups -OCH3 is 2. The number of carbonyl (C=O) groups is 4. The van der Waals surface area contributed by atoms with Crippen molar-refractivity contribution in [1.82, 2.24) is 40.4 Å². The van der Waals surface area contributed by atoms with E-state index in [2.05, 4.69) is 37.4 Å². The van der Waals surface area contributed by atoms with Crippen molar-refractivity contribution in [2.45, 2.75) is 71.6 Å². The number of fused-ring (bicyclic) bond motifs is 1. The van der Waals surface area contributed by atoms with Gasteiger partial charge in [0.25, 0.3) is 0 Å². The van der Waals surface area contributed by atoms with Gasteiger partial charge >= 0.3 is 12.2 Å². The highest BCUT2D eigenvalue weighted by Gasteiger charge is 2.38. The average Bonchev–Trinajstić information content (AvgIpc) is 4.00. The summed E-state index contributed by atoms with van der Waals surface area (Å²) in [5.41, 5.74) is 5.98. The number of imidazole rings is 2. The van der Waals surface area contributed by atoms with E-state index in [1.807, 2.05) is 83.2 Å². The number of hydrogen-bond acceptors (Lipinski definition) is 8. The number of alkyl carbamates (subject to hydrolysis) is 2. The van der Waals surface area contributed by atoms with Gasteiger partial charge in [0.2, 0.25) is 11.8 Å². The minimum Gasteiger partial charge on any atom is -0.453 e. The molecule has 4 heterocycles. The van der Waals surface area contributed by atoms with Crippen LogP contribution in [0, 0.1) is 23.7 Å². The van der Waals surface area contributed by atoms with Gasteiger partial charge in [-0.15, -0.1) is 0 Å². The molecule has 288 valence electrons. The summed E-state index contributed by atoms with van der Waals surface area (Å²) in [4.78, 5) is 70.8. The quantitative estimate of drug-likeness (QED) is 0.126. The van der Waals surface area contributed by atoms with Crippen LogP contribution in [0.3, 0.4) is 0 Å². The highest BCUT2D eigenvalue weighted by molar-refractivity contribution is 5.88. The maximum absolute atomic E-state index is 13.7. The van der Waals surface area contributed by atoms with E-state index >= 15 is 0 Å². The zero-order chi connectivity index (χ0) is 39.4. The van der Waals surface area contributed by atoms with Crippen LogP contribution < -0.4 is 10.6 Å². The standard InChI is InChI=1S/C41H48N8O6/c1-23(2)34(46-40(52)54-6)38(50)48-18-8-9-32(48)36-42-21-31(45-36)28-15-12-26(13-16-28)10-11-27-14-17-29-30(20-27)44-37(43-29)33-19-25(5)22-49(33)39(51)35(24(3)4)47-41(53)55-7/h12-17,19-21,23-24,32-35H,8-9,18,22H2,1-7H3,(H,42,45)(H,43,44)(H,46,52)(H,47,53). The van der Waals surface area contributed by atoms with Crippen molar-refractivity contribution < 1.29 is 28.7 Å². The van der Waals surface area contributed by atoms with Gasteiger partial charge in [0, 0.05) is 24.2 Å². The molecule has 55 heavy (non-hydrogen) atoms. The van der Waals surface area contributed by atoms with E-state index in [1.165, 1.54) is 14.2 Å². The van der Waals surface area contributed by atoms with Crippen molar-refractivity contribution in [2.75, 3.05) is 27.3 Å². The Bertz CT molecular complexity index is 2160. The molecule has 14 nitrogen and oxygen atoms in total. The number of carbonyl (C=O) groups excluding carboxylic acids is 4. The van der Waals surface area contributed by atoms with Crippen LogP contribution in [0.5, 0.6) is 0 Å². The lowest BCUT2D eigenvalue weighted by Crippen LogP contribution is -2.51. The zero-order valence-electron chi connectivity index (χ0n) is 32.2. The molecular formula is C41H48N8O6. The van der Waals surface area contributed by atoms with Crippen molar-refractivity contribution >= 4 is 35.0 Å². The molecule has 0 saturated carbocycles. The Morgan fingerprint density at radius 2 is 1.45 bits per heavy atom. The fourth-order valence-electron chi connectivity index (χ4n) is 7.07. The van der Waals surface area contributed by atoms with E-state index < -0.39 is 30.3 Å². The number of likely N-dealkylation sites (tertiary alicyclic amines) is 1. The summed E-state index contributed by atoms with van der Waals surface area (Å²) < 4.78 is 9.50. The molecule has 4 N–H and O–H groups in total. The number of nitrogens with zero attached hydrogens (tertiary/aromatic N) is 4. The number of hydrogen-bond donors (Lipinski definition) is 4. The summed E-state index contributed by atoms with van der Waals surface area (Å²) in [6.07, 6.45) is 4.12. The molecule has 0 aliphatic carbocycles. The van der Waals surface area contributed by atoms with E-state index in [4.69, 9.17) is 14.5 Å². The van der Waals surface area contributed by atoms with Gasteiger partial charge in [-0.2, -0.15) is 0 Å². The van der Waals surface area contributed by atoms with Crippen molar-refractivity contribution in [1.29, 1.82) is 0 Å². The van der Waals surface area contributed by atoms with Gasteiger partial charge in [0.1, 0.15) is 29.8 Å². The number of benzene rings is 2. The van der Waals surface area contributed by atoms with Crippen LogP contribution in [0.1, 0.15) is 82.3 Å². The molecule has 1 fully saturated rings. The minimum absolute atomic E-state index is 0.112. The Kier molecular flexibility index (Phi) is 11.6. The molecule has 2 aromatic heterocycles. The first-order valence-corrected chi connectivity index (χ1v) is 18.5. The number of ether oxygens (including phenoxy) is 2. The molecule has 2 aromatic carbocycles. The second-order valence-electron chi connectivity index (χ2n) is 14.7. The van der Waals surface area contributed by atoms with Crippen LogP contribution in [-0.2, 0) is 19.1 Å². The first-order chi connectivity index (χ1) is 26.4. The van der Waals surface area contributed by atoms with Crippen LogP contribution in [0.15, 0.2) is 60.3 Å². The van der Waals surface area contributed by atoms with Crippen LogP contribution >= 0.6 is 0 Å². The zero-order valence-corrected chi connectivity index (χ0v) is 32.2. The van der Waals surface area contributed by atoms with E-state index in [0.29, 0.717) is 24.7 Å². The SMILES string of the molecule is COC(=O)NC(C(=O)N1CC(C)=CC1c1nc2ccc(C#Cc3ccc(-c4cnc(C5CCCN5C(=O)C(NC(=O)OC)C(C)C)[nH]4)cc3)cc2[nH]1)C(C)C. The number of rotatable bonds is 9. The Balaban J connectivity index is 1.14. The largest absolute Gasteiger partial charge is 0.453 e. The molecule has 2 aliphatic heterocycles. The number of nitrogens with one attached hydrogen (secondary N) is 4. The van der Waals surface area contributed by atoms with E-state index in [0.717, 1.165) is 51.8 Å². The second kappa shape index (κ2) is 16.5. The first-order valence-electron chi connectivity index (χ1n) is 18.5. The van der Waals surface area contributed by atoms with Gasteiger partial charge in [-0.3, -0.25) is 9.59 Å². The highest BCUT2D eigenvalue weighted by atomic mass is 16.5. The first kappa shape index (κ1) is 38.6. The minimum atomic E-state index is -0.742. The smallest absolute Gasteiger partial charge is 0.407 e. The summed E-state index contributed by atoms with van der Waals surface area (Å²) >= 11 is 0. The molecule has 6 rings (SSSR count). The van der Waals surface area contributed by atoms with Gasteiger partial charge < -0.3 is 39.9 Å². The van der Waals surface area contributed by atoms with Gasteiger partial charge in [-0.05, 0) is 67.5 Å². The molecule has 4 unspecified atom stereocenters. The third-order valence-electron chi connectivity index (χ3n) is 10.0. The molecule has 4 amide bonds. The van der Waals surface area contributed by atoms with Crippen LogP contribution in [0.4, 0.5) is 9.59 Å². The van der Waals surface area contributed by atoms with Crippen LogP contribution in [0.25, 0.3) is 22.3 Å². The molecule has 4 aromatic rings. The van der Waals surface area contributed by atoms with E-state index in [-0.39, 0.29) is 29.7 Å². The van der Waals surface area contributed by atoms with Crippen molar-refractivity contribution in [2.24, 2.45) is 11.8 Å². The van der Waals surface area contributed by atoms with Crippen LogP contribution in [-0.4, -0.2) is 93.1 Å².